The SMILES string of the molecule is CC(C)(C)NC(=O)[C@H](c1ccncc1)N(C(=O)c1csnn1)c1ccc(F)c(Cl)c1. The maximum Gasteiger partial charge on any atom is 0.280 e. The number of benzene rings is 1. The Hall–Kier alpha value is -2.91. The normalized spacial score (nSPS) is 12.3. The monoisotopic (exact) mass is 447 g/mol. The van der Waals surface area contributed by atoms with E-state index in [1.807, 2.05) is 20.8 Å². The van der Waals surface area contributed by atoms with Gasteiger partial charge in [-0.25, -0.2) is 4.39 Å². The molecule has 7 nitrogen and oxygen atoms in total. The van der Waals surface area contributed by atoms with Gasteiger partial charge in [-0.15, -0.1) is 5.10 Å². The fourth-order valence-electron chi connectivity index (χ4n) is 2.80. The topological polar surface area (TPSA) is 88.1 Å². The first kappa shape index (κ1) is 21.8. The average molecular weight is 448 g/mol. The zero-order valence-corrected chi connectivity index (χ0v) is 18.0. The third kappa shape index (κ3) is 4.98. The van der Waals surface area contributed by atoms with Crippen molar-refractivity contribution in [2.75, 3.05) is 4.90 Å². The fraction of sp³-hybridized carbons (Fsp3) is 0.250. The Balaban J connectivity index is 2.18. The molecule has 0 aliphatic heterocycles. The van der Waals surface area contributed by atoms with Gasteiger partial charge in [0.05, 0.1) is 5.02 Å². The molecule has 0 radical (unpaired) electrons. The molecule has 2 heterocycles. The van der Waals surface area contributed by atoms with Crippen LogP contribution in [-0.2, 0) is 4.79 Å². The molecule has 0 bridgehead atoms. The fourth-order valence-corrected chi connectivity index (χ4v) is 3.41. The van der Waals surface area contributed by atoms with Crippen LogP contribution in [0.5, 0.6) is 0 Å². The Labute approximate surface area is 182 Å². The molecule has 0 saturated heterocycles. The average Bonchev–Trinajstić information content (AvgIpc) is 3.22. The second-order valence-corrected chi connectivity index (χ2v) is 8.50. The van der Waals surface area contributed by atoms with Crippen LogP contribution in [0.1, 0.15) is 42.9 Å². The Kier molecular flexibility index (Phi) is 6.42. The Bertz CT molecular complexity index is 1040. The molecule has 3 rings (SSSR count). The summed E-state index contributed by atoms with van der Waals surface area (Å²) in [6.45, 7) is 5.50. The summed E-state index contributed by atoms with van der Waals surface area (Å²) in [5.41, 5.74) is 0.261. The van der Waals surface area contributed by atoms with Crippen molar-refractivity contribution in [2.45, 2.75) is 32.4 Å². The summed E-state index contributed by atoms with van der Waals surface area (Å²) < 4.78 is 17.5. The summed E-state index contributed by atoms with van der Waals surface area (Å²) in [5, 5.41) is 8.04. The van der Waals surface area contributed by atoms with Crippen LogP contribution in [0.4, 0.5) is 10.1 Å². The van der Waals surface area contributed by atoms with Crippen LogP contribution in [0, 0.1) is 5.82 Å². The molecule has 2 aromatic heterocycles. The molecule has 1 aromatic carbocycles. The number of nitrogens with one attached hydrogen (secondary N) is 1. The van der Waals surface area contributed by atoms with Crippen molar-refractivity contribution < 1.29 is 14.0 Å². The van der Waals surface area contributed by atoms with Crippen LogP contribution < -0.4 is 10.2 Å². The molecule has 0 saturated carbocycles. The van der Waals surface area contributed by atoms with Crippen LogP contribution >= 0.6 is 23.1 Å². The number of pyridine rings is 1. The summed E-state index contributed by atoms with van der Waals surface area (Å²) in [4.78, 5) is 31.9. The van der Waals surface area contributed by atoms with Gasteiger partial charge in [-0.1, -0.05) is 16.1 Å². The highest BCUT2D eigenvalue weighted by Crippen LogP contribution is 2.32. The van der Waals surface area contributed by atoms with E-state index >= 15 is 0 Å². The van der Waals surface area contributed by atoms with Crippen molar-refractivity contribution >= 4 is 40.6 Å². The number of aromatic nitrogens is 3. The van der Waals surface area contributed by atoms with Gasteiger partial charge >= 0.3 is 0 Å². The summed E-state index contributed by atoms with van der Waals surface area (Å²) in [5.74, 6) is -1.63. The molecule has 0 spiro atoms. The van der Waals surface area contributed by atoms with Crippen LogP contribution in [0.25, 0.3) is 0 Å². The molecule has 0 fully saturated rings. The highest BCUT2D eigenvalue weighted by molar-refractivity contribution is 7.03. The number of carbonyl (C=O) groups excluding carboxylic acids is 2. The van der Waals surface area contributed by atoms with E-state index in [1.165, 1.54) is 34.8 Å². The molecule has 1 N–H and O–H groups in total. The first-order valence-electron chi connectivity index (χ1n) is 8.95. The van der Waals surface area contributed by atoms with E-state index in [0.29, 0.717) is 5.56 Å². The molecule has 0 aliphatic rings. The van der Waals surface area contributed by atoms with Gasteiger partial charge < -0.3 is 5.32 Å². The van der Waals surface area contributed by atoms with Crippen molar-refractivity contribution in [3.8, 4) is 0 Å². The smallest absolute Gasteiger partial charge is 0.280 e. The van der Waals surface area contributed by atoms with Gasteiger partial charge in [0.25, 0.3) is 5.91 Å². The van der Waals surface area contributed by atoms with Crippen LogP contribution in [-0.4, -0.2) is 31.9 Å². The van der Waals surface area contributed by atoms with E-state index in [9.17, 15) is 14.0 Å². The predicted molar refractivity (Wildman–Crippen MR) is 113 cm³/mol. The third-order valence-corrected chi connectivity index (χ3v) is 4.80. The minimum Gasteiger partial charge on any atom is -0.349 e. The van der Waals surface area contributed by atoms with Gasteiger partial charge in [0.2, 0.25) is 5.91 Å². The van der Waals surface area contributed by atoms with E-state index in [2.05, 4.69) is 19.9 Å². The molecule has 1 atom stereocenters. The second-order valence-electron chi connectivity index (χ2n) is 7.49. The van der Waals surface area contributed by atoms with Crippen molar-refractivity contribution in [1.82, 2.24) is 19.9 Å². The second kappa shape index (κ2) is 8.85. The minimum absolute atomic E-state index is 0.0584. The van der Waals surface area contributed by atoms with Gasteiger partial charge in [-0.05, 0) is 68.2 Å². The zero-order chi connectivity index (χ0) is 21.9. The number of nitrogens with zero attached hydrogens (tertiary/aromatic N) is 4. The van der Waals surface area contributed by atoms with Crippen molar-refractivity contribution in [2.24, 2.45) is 0 Å². The number of hydrogen-bond donors (Lipinski definition) is 1. The maximum atomic E-state index is 13.8. The summed E-state index contributed by atoms with van der Waals surface area (Å²) >= 11 is 6.98. The van der Waals surface area contributed by atoms with Gasteiger partial charge in [0.1, 0.15) is 11.9 Å². The molecule has 0 unspecified atom stereocenters. The Morgan fingerprint density at radius 2 is 1.90 bits per heavy atom. The summed E-state index contributed by atoms with van der Waals surface area (Å²) in [6, 6.07) is 6.02. The standard InChI is InChI=1S/C20H19ClFN5O2S/c1-20(2,3)24-18(28)17(12-6-8-23-9-7-12)27(19(29)16-11-30-26-25-16)13-4-5-15(22)14(21)10-13/h4-11,17H,1-3H3,(H,24,28)/t17-/m0/s1. The van der Waals surface area contributed by atoms with Crippen LogP contribution in [0.3, 0.4) is 0 Å². The summed E-state index contributed by atoms with van der Waals surface area (Å²) in [6.07, 6.45) is 3.05. The molecule has 0 aliphatic carbocycles. The number of rotatable bonds is 5. The maximum absolute atomic E-state index is 13.8. The van der Waals surface area contributed by atoms with Crippen LogP contribution in [0.2, 0.25) is 5.02 Å². The van der Waals surface area contributed by atoms with E-state index in [0.717, 1.165) is 17.6 Å². The quantitative estimate of drug-likeness (QED) is 0.638. The van der Waals surface area contributed by atoms with Gasteiger partial charge in [-0.3, -0.25) is 19.5 Å². The first-order chi connectivity index (χ1) is 14.2. The number of anilines is 1. The largest absolute Gasteiger partial charge is 0.349 e. The molecular formula is C20H19ClFN5O2S. The lowest BCUT2D eigenvalue weighted by Gasteiger charge is -2.33. The predicted octanol–water partition coefficient (Wildman–Crippen LogP) is 4.03. The summed E-state index contributed by atoms with van der Waals surface area (Å²) in [7, 11) is 0. The highest BCUT2D eigenvalue weighted by atomic mass is 35.5. The number of amides is 2. The molecule has 156 valence electrons. The van der Waals surface area contributed by atoms with E-state index in [4.69, 9.17) is 11.6 Å². The molecule has 30 heavy (non-hydrogen) atoms. The first-order valence-corrected chi connectivity index (χ1v) is 10.2. The lowest BCUT2D eigenvalue weighted by atomic mass is 10.0. The van der Waals surface area contributed by atoms with E-state index in [1.54, 1.807) is 12.1 Å². The van der Waals surface area contributed by atoms with Crippen molar-refractivity contribution in [3.05, 3.63) is 70.2 Å². The molecule has 2 amide bonds. The van der Waals surface area contributed by atoms with Gasteiger partial charge in [0, 0.05) is 29.0 Å². The zero-order valence-electron chi connectivity index (χ0n) is 16.5. The lowest BCUT2D eigenvalue weighted by molar-refractivity contribution is -0.123. The van der Waals surface area contributed by atoms with Gasteiger partial charge in [-0.2, -0.15) is 0 Å². The molecule has 3 aromatic rings. The van der Waals surface area contributed by atoms with E-state index in [-0.39, 0.29) is 16.4 Å². The Morgan fingerprint density at radius 1 is 1.20 bits per heavy atom. The molecule has 10 heteroatoms. The number of carbonyl (C=O) groups is 2. The van der Waals surface area contributed by atoms with Crippen LogP contribution in [0.15, 0.2) is 48.1 Å². The van der Waals surface area contributed by atoms with Gasteiger partial charge in [0.15, 0.2) is 5.69 Å². The number of halogens is 2. The third-order valence-electron chi connectivity index (χ3n) is 4.01. The van der Waals surface area contributed by atoms with E-state index < -0.39 is 29.2 Å². The molecular weight excluding hydrogens is 429 g/mol. The minimum atomic E-state index is -1.08. The van der Waals surface area contributed by atoms with Crippen molar-refractivity contribution in [3.63, 3.8) is 0 Å². The number of hydrogen-bond acceptors (Lipinski definition) is 6. The van der Waals surface area contributed by atoms with Crippen molar-refractivity contribution in [1.29, 1.82) is 0 Å². The lowest BCUT2D eigenvalue weighted by Crippen LogP contribution is -2.49. The Morgan fingerprint density at radius 3 is 2.47 bits per heavy atom. The highest BCUT2D eigenvalue weighted by Gasteiger charge is 2.36.